The number of benzene rings is 2. The van der Waals surface area contributed by atoms with Gasteiger partial charge in [0.15, 0.2) is 0 Å². The number of aromatic nitrogens is 1. The third-order valence-electron chi connectivity index (χ3n) is 12.6. The summed E-state index contributed by atoms with van der Waals surface area (Å²) in [5.41, 5.74) is 13.6. The molecule has 0 radical (unpaired) electrons. The number of aromatic hydroxyl groups is 1. The Bertz CT molecular complexity index is 2680. The highest BCUT2D eigenvalue weighted by Gasteiger charge is 2.36. The first kappa shape index (κ1) is 67.1. The Morgan fingerprint density at radius 2 is 1.05 bits per heavy atom. The van der Waals surface area contributed by atoms with Crippen LogP contribution in [0.25, 0.3) is 10.9 Å². The number of aliphatic carboxylic acids is 1. The number of nitrogens with two attached hydrogens (primary N) is 2. The molecule has 446 valence electrons. The lowest BCUT2D eigenvalue weighted by Crippen LogP contribution is -2.61. The maximum Gasteiger partial charge on any atom is 0.326 e. The normalized spacial score (nSPS) is 15.0. The van der Waals surface area contributed by atoms with Crippen molar-refractivity contribution in [3.05, 3.63) is 65.9 Å². The van der Waals surface area contributed by atoms with Crippen LogP contribution in [0.2, 0.25) is 0 Å². The van der Waals surface area contributed by atoms with Gasteiger partial charge in [-0.1, -0.05) is 71.9 Å². The summed E-state index contributed by atoms with van der Waals surface area (Å²) in [6, 6.07) is -0.0662. The van der Waals surface area contributed by atoms with Crippen molar-refractivity contribution in [3.8, 4) is 5.75 Å². The average molecular weight is 1140 g/mol. The maximum absolute atomic E-state index is 13.8. The molecule has 0 saturated heterocycles. The highest BCUT2D eigenvalue weighted by molar-refractivity contribution is 5.99. The quantitative estimate of drug-likeness (QED) is 0.0299. The average Bonchev–Trinajstić information content (AvgIpc) is 3.80. The van der Waals surface area contributed by atoms with Crippen molar-refractivity contribution in [2.24, 2.45) is 29.2 Å². The van der Waals surface area contributed by atoms with Gasteiger partial charge in [0, 0.05) is 23.5 Å². The van der Waals surface area contributed by atoms with Crippen molar-refractivity contribution in [2.45, 2.75) is 154 Å². The van der Waals surface area contributed by atoms with Crippen LogP contribution in [0.5, 0.6) is 5.75 Å². The summed E-state index contributed by atoms with van der Waals surface area (Å²) in [6.45, 7) is 11.2. The second-order valence-electron chi connectivity index (χ2n) is 21.2. The van der Waals surface area contributed by atoms with Crippen molar-refractivity contribution >= 4 is 75.9 Å². The van der Waals surface area contributed by atoms with Crippen LogP contribution in [0.4, 0.5) is 0 Å². The molecule has 0 unspecified atom stereocenters. The smallest absolute Gasteiger partial charge is 0.326 e. The lowest BCUT2D eigenvalue weighted by Gasteiger charge is -2.28. The topological polar surface area (TPSA) is 445 Å². The van der Waals surface area contributed by atoms with Crippen LogP contribution in [0.1, 0.15) is 92.2 Å². The molecule has 1 aromatic heterocycles. The molecule has 0 saturated carbocycles. The number of para-hydroxylation sites is 1. The number of rotatable bonds is 33. The van der Waals surface area contributed by atoms with E-state index in [0.717, 1.165) is 16.5 Å². The number of aliphatic hydroxyl groups is 2. The van der Waals surface area contributed by atoms with Gasteiger partial charge in [-0.15, -0.1) is 0 Å². The number of primary amides is 1. The van der Waals surface area contributed by atoms with E-state index in [1.807, 2.05) is 24.3 Å². The lowest BCUT2D eigenvalue weighted by molar-refractivity contribution is -0.143. The van der Waals surface area contributed by atoms with Crippen molar-refractivity contribution in [3.63, 3.8) is 0 Å². The largest absolute Gasteiger partial charge is 0.508 e. The number of carbonyl (C=O) groups is 11. The predicted molar refractivity (Wildman–Crippen MR) is 294 cm³/mol. The van der Waals surface area contributed by atoms with Crippen LogP contribution in [-0.2, 0) is 65.6 Å². The first-order valence-corrected chi connectivity index (χ1v) is 26.6. The van der Waals surface area contributed by atoms with Gasteiger partial charge in [-0.05, 0) is 86.6 Å². The Balaban J connectivity index is 1.67. The van der Waals surface area contributed by atoms with Gasteiger partial charge < -0.3 is 84.7 Å². The number of aromatic amines is 1. The third-order valence-corrected chi connectivity index (χ3v) is 12.6. The lowest BCUT2D eigenvalue weighted by atomic mass is 9.99. The predicted octanol–water partition coefficient (Wildman–Crippen LogP) is -2.53. The van der Waals surface area contributed by atoms with Gasteiger partial charge in [-0.3, -0.25) is 47.9 Å². The zero-order valence-corrected chi connectivity index (χ0v) is 46.8. The Kier molecular flexibility index (Phi) is 26.7. The first-order chi connectivity index (χ1) is 38.0. The van der Waals surface area contributed by atoms with Gasteiger partial charge in [0.05, 0.1) is 31.7 Å². The Morgan fingerprint density at radius 1 is 0.556 bits per heavy atom. The number of carbonyl (C=O) groups excluding carboxylic acids is 10. The summed E-state index contributed by atoms with van der Waals surface area (Å²) in [5, 5.41) is 62.7. The zero-order chi connectivity index (χ0) is 60.8. The fourth-order valence-corrected chi connectivity index (χ4v) is 8.37. The van der Waals surface area contributed by atoms with Gasteiger partial charge in [-0.25, -0.2) is 4.79 Å². The van der Waals surface area contributed by atoms with Gasteiger partial charge in [0.2, 0.25) is 59.1 Å². The summed E-state index contributed by atoms with van der Waals surface area (Å²) in [5.74, 6) is -11.5. The molecule has 0 aliphatic heterocycles. The Labute approximate surface area is 469 Å². The minimum atomic E-state index is -1.81. The minimum absolute atomic E-state index is 0.0579. The fraction of sp³-hybridized carbons (Fsp3) is 0.537. The van der Waals surface area contributed by atoms with E-state index in [-0.39, 0.29) is 55.6 Å². The number of hydrogen-bond donors (Lipinski definition) is 16. The number of carboxylic acids is 1. The number of hydrogen-bond acceptors (Lipinski definition) is 15. The molecule has 18 N–H and O–H groups in total. The first-order valence-electron chi connectivity index (χ1n) is 26.6. The van der Waals surface area contributed by atoms with E-state index in [1.54, 1.807) is 47.7 Å². The summed E-state index contributed by atoms with van der Waals surface area (Å²) in [4.78, 5) is 149. The highest BCUT2D eigenvalue weighted by Crippen LogP contribution is 2.19. The van der Waals surface area contributed by atoms with Crippen LogP contribution >= 0.6 is 0 Å². The molecule has 0 spiro atoms. The molecule has 3 aromatic rings. The van der Waals surface area contributed by atoms with E-state index in [1.165, 1.54) is 38.1 Å². The SMILES string of the molecule is CC(C)C[C@H](NC(=O)[C@H](CC(C)C)NC(=O)[C@H](Cc1ccc(O)cc1)NC(=O)CNC(=O)[C@H](C)NC(=O)[C@H](CO)NC(=O)[C@H](CC(N)=O)NC(=O)[C@H](CC(C)C)NC(=O)[C@@H](NC(=O)[C@@H](N)Cc1c[nH]c2ccccc12)[C@@H](C)O)C(=O)O. The van der Waals surface area contributed by atoms with E-state index in [4.69, 9.17) is 11.5 Å². The van der Waals surface area contributed by atoms with Crippen LogP contribution in [0, 0.1) is 17.8 Å². The molecule has 0 fully saturated rings. The third kappa shape index (κ3) is 22.5. The number of phenols is 1. The molecule has 81 heavy (non-hydrogen) atoms. The van der Waals surface area contributed by atoms with Crippen molar-refractivity contribution in [1.29, 1.82) is 0 Å². The summed E-state index contributed by atoms with van der Waals surface area (Å²) >= 11 is 0. The van der Waals surface area contributed by atoms with E-state index >= 15 is 0 Å². The van der Waals surface area contributed by atoms with Crippen molar-refractivity contribution in [1.82, 2.24) is 52.8 Å². The van der Waals surface area contributed by atoms with E-state index in [0.29, 0.717) is 5.56 Å². The summed E-state index contributed by atoms with van der Waals surface area (Å²) < 4.78 is 0. The Hall–Kier alpha value is -8.17. The second kappa shape index (κ2) is 32.2. The highest BCUT2D eigenvalue weighted by atomic mass is 16.4. The number of amides is 10. The van der Waals surface area contributed by atoms with Crippen molar-refractivity contribution in [2.75, 3.05) is 13.2 Å². The minimum Gasteiger partial charge on any atom is -0.508 e. The van der Waals surface area contributed by atoms with Gasteiger partial charge in [0.1, 0.15) is 54.1 Å². The van der Waals surface area contributed by atoms with E-state index in [2.05, 4.69) is 52.8 Å². The number of nitrogens with one attached hydrogen (secondary N) is 10. The molecule has 3 rings (SSSR count). The second-order valence-corrected chi connectivity index (χ2v) is 21.2. The molecule has 10 amide bonds. The standard InChI is InChI=1S/C54H80N12O15/c1-26(2)17-37(49(75)64-41(54(80)81)19-28(5)6)61-50(76)39(20-31-13-15-33(69)16-14-31)60-44(71)24-58-46(72)29(7)59-52(78)42(25-67)65-51(77)40(22-43(56)70)62-48(74)38(18-27(3)4)63-53(79)45(30(8)68)66-47(73)35(55)21-32-23-57-36-12-10-9-11-34(32)36/h9-16,23,26-30,35,37-42,45,57,67-69H,17-22,24-25,55H2,1-8H3,(H2,56,70)(H,58,72)(H,59,78)(H,60,71)(H,61,76)(H,62,74)(H,63,79)(H,64,75)(H,65,77)(H,66,73)(H,80,81)/t29-,30+,35-,37-,38-,39-,40-,41-,42-,45-/m0/s1. The molecular formula is C54H80N12O15. The van der Waals surface area contributed by atoms with Crippen molar-refractivity contribution < 1.29 is 73.2 Å². The molecule has 0 bridgehead atoms. The van der Waals surface area contributed by atoms with E-state index < -0.39 is 145 Å². The monoisotopic (exact) mass is 1140 g/mol. The van der Waals surface area contributed by atoms with Gasteiger partial charge >= 0.3 is 5.97 Å². The molecule has 2 aromatic carbocycles. The number of aliphatic hydroxyl groups excluding tert-OH is 2. The number of carboxylic acid groups (broad SMARTS) is 1. The molecule has 27 nitrogen and oxygen atoms in total. The molecule has 0 aliphatic carbocycles. The van der Waals surface area contributed by atoms with E-state index in [9.17, 15) is 73.2 Å². The summed E-state index contributed by atoms with van der Waals surface area (Å²) in [6.07, 6.45) is -0.563. The fourth-order valence-electron chi connectivity index (χ4n) is 8.37. The van der Waals surface area contributed by atoms with Crippen LogP contribution in [0.3, 0.4) is 0 Å². The number of phenolic OH excluding ortho intramolecular Hbond substituents is 1. The molecule has 1 heterocycles. The van der Waals surface area contributed by atoms with Crippen LogP contribution < -0.4 is 59.3 Å². The zero-order valence-electron chi connectivity index (χ0n) is 46.8. The van der Waals surface area contributed by atoms with Crippen LogP contribution in [0.15, 0.2) is 54.7 Å². The van der Waals surface area contributed by atoms with Gasteiger partial charge in [0.25, 0.3) is 0 Å². The number of fused-ring (bicyclic) bond motifs is 1. The molecular weight excluding hydrogens is 1060 g/mol. The molecule has 0 aliphatic rings. The van der Waals surface area contributed by atoms with Crippen LogP contribution in [-0.4, -0.2) is 164 Å². The van der Waals surface area contributed by atoms with Gasteiger partial charge in [-0.2, -0.15) is 0 Å². The maximum atomic E-state index is 13.8. The summed E-state index contributed by atoms with van der Waals surface area (Å²) in [7, 11) is 0. The molecule has 27 heteroatoms. The molecule has 10 atom stereocenters. The Morgan fingerprint density at radius 3 is 1.59 bits per heavy atom. The number of H-pyrrole nitrogens is 1.